The third-order valence-electron chi connectivity index (χ3n) is 7.32. The number of ether oxygens (including phenoxy) is 3. The van der Waals surface area contributed by atoms with Crippen LogP contribution in [0.25, 0.3) is 11.1 Å². The number of sulfonamides is 1. The summed E-state index contributed by atoms with van der Waals surface area (Å²) in [5.74, 6) is 1.35. The number of nitrogens with one attached hydrogen (secondary N) is 1. The number of amidine groups is 1. The van der Waals surface area contributed by atoms with Gasteiger partial charge in [-0.3, -0.25) is 5.32 Å². The molecule has 262 valence electrons. The SMILES string of the molecule is COc1ccc(CN(Cc2ccc(OC)cc2)S(=O)(=O)c2c(S(=O)O)ccc(-c3ccc(NC(=O)OC(C)(C)C)nc3)c2C2=NCN=N2)cc1. The molecule has 4 aromatic rings. The average molecular weight is 721 g/mol. The Morgan fingerprint density at radius 3 is 1.98 bits per heavy atom. The van der Waals surface area contributed by atoms with E-state index in [0.29, 0.717) is 33.8 Å². The number of rotatable bonds is 12. The number of carbonyl (C=O) groups is 1. The van der Waals surface area contributed by atoms with Crippen LogP contribution in [0.5, 0.6) is 11.5 Å². The van der Waals surface area contributed by atoms with Crippen molar-refractivity contribution in [1.82, 2.24) is 9.29 Å². The molecule has 0 radical (unpaired) electrons. The van der Waals surface area contributed by atoms with Crippen molar-refractivity contribution in [2.45, 2.75) is 49.3 Å². The molecule has 0 spiro atoms. The summed E-state index contributed by atoms with van der Waals surface area (Å²) < 4.78 is 70.4. The Labute approximate surface area is 292 Å². The minimum absolute atomic E-state index is 0.0183. The third kappa shape index (κ3) is 8.57. The first-order valence-electron chi connectivity index (χ1n) is 15.2. The van der Waals surface area contributed by atoms with Gasteiger partial charge in [-0.05, 0) is 79.9 Å². The molecule has 1 aromatic heterocycles. The molecule has 0 aliphatic carbocycles. The molecule has 1 aliphatic rings. The van der Waals surface area contributed by atoms with Gasteiger partial charge in [0.15, 0.2) is 23.6 Å². The van der Waals surface area contributed by atoms with Crippen LogP contribution < -0.4 is 14.8 Å². The van der Waals surface area contributed by atoms with E-state index < -0.39 is 37.7 Å². The summed E-state index contributed by atoms with van der Waals surface area (Å²) in [4.78, 5) is 20.1. The third-order valence-corrected chi connectivity index (χ3v) is 10.0. The van der Waals surface area contributed by atoms with Crippen molar-refractivity contribution in [2.75, 3.05) is 26.2 Å². The number of methoxy groups -OCH3 is 2. The Bertz CT molecular complexity index is 2000. The van der Waals surface area contributed by atoms with Gasteiger partial charge in [0.1, 0.15) is 27.8 Å². The lowest BCUT2D eigenvalue weighted by molar-refractivity contribution is 0.0635. The molecule has 0 fully saturated rings. The number of aromatic nitrogens is 1. The number of nitrogens with zero attached hydrogens (tertiary/aromatic N) is 5. The molecule has 0 saturated carbocycles. The van der Waals surface area contributed by atoms with Crippen LogP contribution in [0.4, 0.5) is 10.6 Å². The number of carbonyl (C=O) groups excluding carboxylic acids is 1. The zero-order chi connectivity index (χ0) is 36.1. The maximum Gasteiger partial charge on any atom is 0.413 e. The fourth-order valence-electron chi connectivity index (χ4n) is 5.04. The molecule has 14 nitrogen and oxygen atoms in total. The molecular weight excluding hydrogens is 685 g/mol. The van der Waals surface area contributed by atoms with Crippen LogP contribution in [-0.2, 0) is 38.9 Å². The molecule has 3 aromatic carbocycles. The summed E-state index contributed by atoms with van der Waals surface area (Å²) in [6.45, 7) is 4.95. The van der Waals surface area contributed by atoms with Crippen molar-refractivity contribution in [2.24, 2.45) is 15.2 Å². The maximum atomic E-state index is 15.0. The highest BCUT2D eigenvalue weighted by Crippen LogP contribution is 2.37. The average Bonchev–Trinajstić information content (AvgIpc) is 3.62. The van der Waals surface area contributed by atoms with Gasteiger partial charge in [0.2, 0.25) is 10.0 Å². The summed E-state index contributed by atoms with van der Waals surface area (Å²) in [7, 11) is -1.54. The fourth-order valence-corrected chi connectivity index (χ4v) is 7.69. The van der Waals surface area contributed by atoms with E-state index in [-0.39, 0.29) is 41.9 Å². The smallest absolute Gasteiger partial charge is 0.413 e. The van der Waals surface area contributed by atoms with Gasteiger partial charge >= 0.3 is 6.09 Å². The van der Waals surface area contributed by atoms with Crippen molar-refractivity contribution in [1.29, 1.82) is 0 Å². The zero-order valence-corrected chi connectivity index (χ0v) is 29.6. The normalized spacial score (nSPS) is 13.5. The van der Waals surface area contributed by atoms with E-state index in [9.17, 15) is 22.0 Å². The summed E-state index contributed by atoms with van der Waals surface area (Å²) in [6.07, 6.45) is 0.729. The number of pyridine rings is 1. The molecule has 1 unspecified atom stereocenters. The van der Waals surface area contributed by atoms with E-state index in [1.54, 1.807) is 75.4 Å². The highest BCUT2D eigenvalue weighted by Gasteiger charge is 2.36. The monoisotopic (exact) mass is 720 g/mol. The number of anilines is 1. The molecule has 50 heavy (non-hydrogen) atoms. The molecule has 16 heteroatoms. The van der Waals surface area contributed by atoms with Crippen LogP contribution in [0.1, 0.15) is 37.5 Å². The number of hydrogen-bond acceptors (Lipinski definition) is 11. The second-order valence-corrected chi connectivity index (χ2v) is 14.8. The summed E-state index contributed by atoms with van der Waals surface area (Å²) in [5.41, 5.74) is 1.27. The van der Waals surface area contributed by atoms with Gasteiger partial charge in [-0.25, -0.2) is 27.4 Å². The zero-order valence-electron chi connectivity index (χ0n) is 28.0. The van der Waals surface area contributed by atoms with Crippen LogP contribution in [0, 0.1) is 0 Å². The van der Waals surface area contributed by atoms with Crippen LogP contribution >= 0.6 is 0 Å². The molecule has 2 N–H and O–H groups in total. The van der Waals surface area contributed by atoms with E-state index in [2.05, 4.69) is 25.5 Å². The molecule has 5 rings (SSSR count). The minimum Gasteiger partial charge on any atom is -0.497 e. The van der Waals surface area contributed by atoms with Gasteiger partial charge in [-0.1, -0.05) is 30.3 Å². The Morgan fingerprint density at radius 2 is 1.52 bits per heavy atom. The van der Waals surface area contributed by atoms with Gasteiger partial charge in [0, 0.05) is 24.8 Å². The Balaban J connectivity index is 1.65. The van der Waals surface area contributed by atoms with Crippen molar-refractivity contribution in [3.05, 3.63) is 95.7 Å². The predicted molar refractivity (Wildman–Crippen MR) is 187 cm³/mol. The summed E-state index contributed by atoms with van der Waals surface area (Å²) >= 11 is -2.74. The molecule has 0 saturated heterocycles. The number of benzene rings is 3. The summed E-state index contributed by atoms with van der Waals surface area (Å²) in [6, 6.07) is 19.8. The number of amides is 1. The van der Waals surface area contributed by atoms with Crippen LogP contribution in [0.2, 0.25) is 0 Å². The minimum atomic E-state index is -4.60. The van der Waals surface area contributed by atoms with E-state index in [0.717, 1.165) is 0 Å². The standard InChI is InChI=1S/C34H36N6O8S2/c1-34(2,3)48-33(41)38-29-17-10-24(18-35-29)27-15-16-28(49(42)43)31(30(27)32-36-21-37-39-32)50(44,45)40(19-22-6-11-25(46-4)12-7-22)20-23-8-13-26(47-5)14-9-23/h6-18H,19-21H2,1-5H3,(H,42,43)(H,35,38,41). The lowest BCUT2D eigenvalue weighted by atomic mass is 10.00. The second kappa shape index (κ2) is 15.2. The first-order chi connectivity index (χ1) is 23.8. The molecule has 1 atom stereocenters. The number of aliphatic imine (C=N–C) groups is 1. The molecule has 2 heterocycles. The van der Waals surface area contributed by atoms with Crippen LogP contribution in [-0.4, -0.2) is 64.9 Å². The van der Waals surface area contributed by atoms with E-state index in [1.807, 2.05) is 0 Å². The fraction of sp³-hybridized carbons (Fsp3) is 0.265. The Hall–Kier alpha value is -5.03. The lowest BCUT2D eigenvalue weighted by Gasteiger charge is -2.26. The number of azo groups is 1. The molecule has 0 bridgehead atoms. The first kappa shape index (κ1) is 36.3. The van der Waals surface area contributed by atoms with Crippen molar-refractivity contribution in [3.63, 3.8) is 0 Å². The molecule has 1 aliphatic heterocycles. The highest BCUT2D eigenvalue weighted by molar-refractivity contribution is 7.90. The Kier molecular flexibility index (Phi) is 11.1. The predicted octanol–water partition coefficient (Wildman–Crippen LogP) is 6.25. The highest BCUT2D eigenvalue weighted by atomic mass is 32.2. The van der Waals surface area contributed by atoms with Crippen molar-refractivity contribution < 1.29 is 36.2 Å². The van der Waals surface area contributed by atoms with Crippen molar-refractivity contribution in [3.8, 4) is 22.6 Å². The van der Waals surface area contributed by atoms with Gasteiger partial charge in [-0.15, -0.1) is 5.11 Å². The lowest BCUT2D eigenvalue weighted by Crippen LogP contribution is -2.32. The Morgan fingerprint density at radius 1 is 0.920 bits per heavy atom. The maximum absolute atomic E-state index is 15.0. The van der Waals surface area contributed by atoms with Gasteiger partial charge < -0.3 is 18.8 Å². The summed E-state index contributed by atoms with van der Waals surface area (Å²) in [5, 5.41) is 10.6. The molecular formula is C34H36N6O8S2. The van der Waals surface area contributed by atoms with Crippen LogP contribution in [0.3, 0.4) is 0 Å². The van der Waals surface area contributed by atoms with Crippen LogP contribution in [0.15, 0.2) is 104 Å². The number of hydrogen-bond donors (Lipinski definition) is 2. The molecule has 1 amide bonds. The van der Waals surface area contributed by atoms with Gasteiger partial charge in [0.25, 0.3) is 0 Å². The van der Waals surface area contributed by atoms with E-state index >= 15 is 0 Å². The van der Waals surface area contributed by atoms with E-state index in [1.165, 1.54) is 42.9 Å². The first-order valence-corrected chi connectivity index (χ1v) is 17.8. The second-order valence-electron chi connectivity index (χ2n) is 12.0. The van der Waals surface area contributed by atoms with Gasteiger partial charge in [-0.2, -0.15) is 9.42 Å². The quantitative estimate of drug-likeness (QED) is 0.160. The van der Waals surface area contributed by atoms with Crippen molar-refractivity contribution >= 4 is 38.9 Å². The van der Waals surface area contributed by atoms with E-state index in [4.69, 9.17) is 14.2 Å². The largest absolute Gasteiger partial charge is 0.497 e. The topological polar surface area (TPSA) is 181 Å². The van der Waals surface area contributed by atoms with Gasteiger partial charge in [0.05, 0.1) is 24.7 Å².